The van der Waals surface area contributed by atoms with E-state index in [1.54, 1.807) is 0 Å². The van der Waals surface area contributed by atoms with Gasteiger partial charge < -0.3 is 14.3 Å². The Labute approximate surface area is 87.5 Å². The molecule has 1 rings (SSSR count). The van der Waals surface area contributed by atoms with Gasteiger partial charge in [-0.1, -0.05) is 20.8 Å². The molecule has 0 unspecified atom stereocenters. The lowest BCUT2D eigenvalue weighted by atomic mass is 10.2. The Morgan fingerprint density at radius 2 is 1.86 bits per heavy atom. The summed E-state index contributed by atoms with van der Waals surface area (Å²) in [5, 5.41) is 9.78. The first kappa shape index (κ1) is 12.2. The quantitative estimate of drug-likeness (QED) is 0.718. The molecular weight excluding hydrogens is 196 g/mol. The third-order valence-corrected chi connectivity index (χ3v) is 7.76. The standard InChI is InChI=1S/C10H22O3Si/c1-10(2,3)14(4,5)13-9-7-12-6-8(9)11/h8-9,11H,6-7H2,1-5H3/t8-,9+/m0/s1. The Morgan fingerprint density at radius 3 is 2.21 bits per heavy atom. The summed E-state index contributed by atoms with van der Waals surface area (Å²) in [6.45, 7) is 11.9. The first-order valence-electron chi connectivity index (χ1n) is 5.18. The van der Waals surface area contributed by atoms with Gasteiger partial charge in [0.25, 0.3) is 0 Å². The van der Waals surface area contributed by atoms with E-state index in [0.29, 0.717) is 13.2 Å². The number of ether oxygens (including phenoxy) is 1. The monoisotopic (exact) mass is 218 g/mol. The lowest BCUT2D eigenvalue weighted by Gasteiger charge is -2.38. The summed E-state index contributed by atoms with van der Waals surface area (Å²) < 4.78 is 11.2. The number of hydrogen-bond donors (Lipinski definition) is 1. The molecule has 84 valence electrons. The summed E-state index contributed by atoms with van der Waals surface area (Å²) in [5.74, 6) is 0. The van der Waals surface area contributed by atoms with Crippen LogP contribution in [0.5, 0.6) is 0 Å². The maximum atomic E-state index is 9.59. The fraction of sp³-hybridized carbons (Fsp3) is 1.00. The first-order valence-corrected chi connectivity index (χ1v) is 8.08. The summed E-state index contributed by atoms with van der Waals surface area (Å²) in [6.07, 6.45) is -0.556. The molecule has 0 aromatic rings. The lowest BCUT2D eigenvalue weighted by molar-refractivity contribution is 0.0642. The summed E-state index contributed by atoms with van der Waals surface area (Å²) in [6, 6.07) is 0. The topological polar surface area (TPSA) is 38.7 Å². The van der Waals surface area contributed by atoms with E-state index in [9.17, 15) is 5.11 Å². The average Bonchev–Trinajstić information content (AvgIpc) is 2.33. The molecule has 0 spiro atoms. The molecule has 1 fully saturated rings. The number of aliphatic hydroxyl groups is 1. The molecule has 1 heterocycles. The van der Waals surface area contributed by atoms with Crippen LogP contribution < -0.4 is 0 Å². The largest absolute Gasteiger partial charge is 0.409 e. The molecule has 0 aliphatic carbocycles. The van der Waals surface area contributed by atoms with Crippen molar-refractivity contribution in [2.75, 3.05) is 13.2 Å². The fourth-order valence-corrected chi connectivity index (χ4v) is 2.53. The van der Waals surface area contributed by atoms with E-state index in [4.69, 9.17) is 9.16 Å². The van der Waals surface area contributed by atoms with Crippen LogP contribution >= 0.6 is 0 Å². The third kappa shape index (κ3) is 2.57. The average molecular weight is 218 g/mol. The van der Waals surface area contributed by atoms with Crippen LogP contribution in [0.3, 0.4) is 0 Å². The van der Waals surface area contributed by atoms with Gasteiger partial charge in [-0.05, 0) is 18.1 Å². The van der Waals surface area contributed by atoms with Crippen LogP contribution in [0.1, 0.15) is 20.8 Å². The van der Waals surface area contributed by atoms with Crippen molar-refractivity contribution < 1.29 is 14.3 Å². The van der Waals surface area contributed by atoms with Crippen molar-refractivity contribution >= 4 is 8.32 Å². The van der Waals surface area contributed by atoms with Crippen molar-refractivity contribution in [2.45, 2.75) is 51.1 Å². The molecule has 0 aromatic carbocycles. The molecule has 4 heteroatoms. The van der Waals surface area contributed by atoms with Crippen LogP contribution in [0, 0.1) is 0 Å². The van der Waals surface area contributed by atoms with Gasteiger partial charge in [0, 0.05) is 0 Å². The van der Waals surface area contributed by atoms with Gasteiger partial charge in [0.05, 0.1) is 19.3 Å². The highest BCUT2D eigenvalue weighted by atomic mass is 28.4. The molecule has 3 nitrogen and oxygen atoms in total. The predicted molar refractivity (Wildman–Crippen MR) is 58.9 cm³/mol. The Kier molecular flexibility index (Phi) is 3.41. The Hall–Kier alpha value is 0.0969. The Morgan fingerprint density at radius 1 is 1.29 bits per heavy atom. The van der Waals surface area contributed by atoms with Gasteiger partial charge in [-0.25, -0.2) is 0 Å². The molecule has 0 aromatic heterocycles. The smallest absolute Gasteiger partial charge is 0.192 e. The van der Waals surface area contributed by atoms with E-state index < -0.39 is 14.4 Å². The summed E-state index contributed by atoms with van der Waals surface area (Å²) >= 11 is 0. The number of hydrogen-bond acceptors (Lipinski definition) is 3. The second kappa shape index (κ2) is 3.93. The highest BCUT2D eigenvalue weighted by Crippen LogP contribution is 2.38. The third-order valence-electron chi connectivity index (χ3n) is 3.25. The van der Waals surface area contributed by atoms with E-state index in [2.05, 4.69) is 33.9 Å². The van der Waals surface area contributed by atoms with Gasteiger partial charge in [-0.2, -0.15) is 0 Å². The van der Waals surface area contributed by atoms with Crippen molar-refractivity contribution in [2.24, 2.45) is 0 Å². The van der Waals surface area contributed by atoms with Gasteiger partial charge >= 0.3 is 0 Å². The van der Waals surface area contributed by atoms with Gasteiger partial charge in [0.1, 0.15) is 6.10 Å². The maximum absolute atomic E-state index is 9.59. The lowest BCUT2D eigenvalue weighted by Crippen LogP contribution is -2.46. The zero-order chi connectivity index (χ0) is 11.0. The van der Waals surface area contributed by atoms with Crippen LogP contribution in [-0.2, 0) is 9.16 Å². The van der Waals surface area contributed by atoms with E-state index >= 15 is 0 Å². The molecule has 1 aliphatic heterocycles. The predicted octanol–water partition coefficient (Wildman–Crippen LogP) is 1.77. The number of rotatable bonds is 2. The van der Waals surface area contributed by atoms with Crippen LogP contribution in [0.25, 0.3) is 0 Å². The van der Waals surface area contributed by atoms with Crippen LogP contribution in [0.2, 0.25) is 18.1 Å². The van der Waals surface area contributed by atoms with Crippen LogP contribution in [0.4, 0.5) is 0 Å². The van der Waals surface area contributed by atoms with E-state index in [1.807, 2.05) is 0 Å². The van der Waals surface area contributed by atoms with Gasteiger partial charge in [-0.15, -0.1) is 0 Å². The van der Waals surface area contributed by atoms with Crippen molar-refractivity contribution in [1.29, 1.82) is 0 Å². The first-order chi connectivity index (χ1) is 6.24. The SMILES string of the molecule is CC(C)(C)[Si](C)(C)O[C@@H]1COC[C@@H]1O. The molecule has 0 saturated carbocycles. The van der Waals surface area contributed by atoms with Crippen molar-refractivity contribution in [3.8, 4) is 0 Å². The fourth-order valence-electron chi connectivity index (χ4n) is 1.19. The zero-order valence-electron chi connectivity index (χ0n) is 9.83. The molecular formula is C10H22O3Si. The summed E-state index contributed by atoms with van der Waals surface area (Å²) in [7, 11) is -1.75. The second-order valence-corrected chi connectivity index (χ2v) is 10.3. The highest BCUT2D eigenvalue weighted by Gasteiger charge is 2.41. The minimum absolute atomic E-state index is 0.115. The molecule has 0 amide bonds. The van der Waals surface area contributed by atoms with E-state index in [0.717, 1.165) is 0 Å². The van der Waals surface area contributed by atoms with Crippen LogP contribution in [0.15, 0.2) is 0 Å². The minimum Gasteiger partial charge on any atom is -0.409 e. The Bertz CT molecular complexity index is 198. The van der Waals surface area contributed by atoms with Gasteiger partial charge in [-0.3, -0.25) is 0 Å². The molecule has 14 heavy (non-hydrogen) atoms. The van der Waals surface area contributed by atoms with E-state index in [-0.39, 0.29) is 11.1 Å². The maximum Gasteiger partial charge on any atom is 0.192 e. The van der Waals surface area contributed by atoms with Gasteiger partial charge in [0.2, 0.25) is 0 Å². The molecule has 0 radical (unpaired) electrons. The van der Waals surface area contributed by atoms with Gasteiger partial charge in [0.15, 0.2) is 8.32 Å². The minimum atomic E-state index is -1.75. The second-order valence-electron chi connectivity index (χ2n) is 5.52. The number of aliphatic hydroxyl groups excluding tert-OH is 1. The van der Waals surface area contributed by atoms with Crippen molar-refractivity contribution in [1.82, 2.24) is 0 Å². The highest BCUT2D eigenvalue weighted by molar-refractivity contribution is 6.74. The molecule has 1 aliphatic rings. The van der Waals surface area contributed by atoms with E-state index in [1.165, 1.54) is 0 Å². The van der Waals surface area contributed by atoms with Crippen LogP contribution in [-0.4, -0.2) is 38.8 Å². The van der Waals surface area contributed by atoms with Crippen molar-refractivity contribution in [3.05, 3.63) is 0 Å². The zero-order valence-corrected chi connectivity index (χ0v) is 10.8. The van der Waals surface area contributed by atoms with Crippen molar-refractivity contribution in [3.63, 3.8) is 0 Å². The summed E-state index contributed by atoms with van der Waals surface area (Å²) in [4.78, 5) is 0. The normalized spacial score (nSPS) is 29.6. The summed E-state index contributed by atoms with van der Waals surface area (Å²) in [5.41, 5.74) is 0. The molecule has 0 bridgehead atoms. The molecule has 1 saturated heterocycles. The molecule has 2 atom stereocenters. The Balaban J connectivity index is 2.58. The molecule has 1 N–H and O–H groups in total.